The molecule has 3 aromatic rings. The number of aromatic nitrogens is 1. The van der Waals surface area contributed by atoms with Crippen molar-refractivity contribution in [3.63, 3.8) is 0 Å². The van der Waals surface area contributed by atoms with Crippen LogP contribution in [0.3, 0.4) is 0 Å². The van der Waals surface area contributed by atoms with E-state index in [4.69, 9.17) is 5.73 Å². The zero-order chi connectivity index (χ0) is 14.8. The molecule has 0 saturated heterocycles. The Labute approximate surface area is 130 Å². The number of hydrogen-bond acceptors (Lipinski definition) is 5. The lowest BCUT2D eigenvalue weighted by atomic mass is 10.1. The van der Waals surface area contributed by atoms with E-state index in [1.54, 1.807) is 17.5 Å². The molecule has 108 valence electrons. The maximum atomic E-state index is 12.3. The van der Waals surface area contributed by atoms with Crippen LogP contribution in [0.5, 0.6) is 0 Å². The van der Waals surface area contributed by atoms with E-state index in [2.05, 4.69) is 10.3 Å². The topological polar surface area (TPSA) is 68.0 Å². The Morgan fingerprint density at radius 1 is 1.43 bits per heavy atom. The monoisotopic (exact) mass is 317 g/mol. The SMILES string of the molecule is Cc1cccc2c(N)c(C(=O)NCCc3nccs3)sc12. The molecular formula is C15H15N3OS2. The second-order valence-electron chi connectivity index (χ2n) is 4.73. The van der Waals surface area contributed by atoms with Gasteiger partial charge in [0.25, 0.3) is 5.91 Å². The molecular weight excluding hydrogens is 302 g/mol. The summed E-state index contributed by atoms with van der Waals surface area (Å²) in [6, 6.07) is 5.95. The predicted octanol–water partition coefficient (Wildman–Crippen LogP) is 3.22. The van der Waals surface area contributed by atoms with Gasteiger partial charge in [0.05, 0.1) is 10.7 Å². The number of anilines is 1. The van der Waals surface area contributed by atoms with Gasteiger partial charge in [0, 0.05) is 34.6 Å². The minimum Gasteiger partial charge on any atom is -0.397 e. The van der Waals surface area contributed by atoms with E-state index in [1.807, 2.05) is 30.5 Å². The van der Waals surface area contributed by atoms with Crippen LogP contribution in [0.25, 0.3) is 10.1 Å². The number of nitrogens with one attached hydrogen (secondary N) is 1. The molecule has 0 aliphatic carbocycles. The first-order valence-electron chi connectivity index (χ1n) is 6.61. The Balaban J connectivity index is 1.75. The fourth-order valence-corrected chi connectivity index (χ4v) is 3.91. The normalized spacial score (nSPS) is 10.9. The number of thiophene rings is 1. The highest BCUT2D eigenvalue weighted by Gasteiger charge is 2.16. The number of aryl methyl sites for hydroxylation is 1. The molecule has 6 heteroatoms. The standard InChI is InChI=1S/C15H15N3OS2/c1-9-3-2-4-10-12(16)14(21-13(9)10)15(19)18-6-5-11-17-7-8-20-11/h2-4,7-8H,5-6,16H2,1H3,(H,18,19). The van der Waals surface area contributed by atoms with Gasteiger partial charge in [-0.1, -0.05) is 18.2 Å². The molecule has 0 bridgehead atoms. The molecule has 0 spiro atoms. The van der Waals surface area contributed by atoms with Crippen molar-refractivity contribution in [3.05, 3.63) is 45.2 Å². The van der Waals surface area contributed by atoms with E-state index < -0.39 is 0 Å². The van der Waals surface area contributed by atoms with Crippen molar-refractivity contribution >= 4 is 44.4 Å². The Bertz CT molecular complexity index is 778. The van der Waals surface area contributed by atoms with Crippen LogP contribution in [0.4, 0.5) is 5.69 Å². The molecule has 3 N–H and O–H groups in total. The predicted molar refractivity (Wildman–Crippen MR) is 89.1 cm³/mol. The Morgan fingerprint density at radius 3 is 3.00 bits per heavy atom. The molecule has 21 heavy (non-hydrogen) atoms. The number of hydrogen-bond donors (Lipinski definition) is 2. The van der Waals surface area contributed by atoms with E-state index >= 15 is 0 Å². The summed E-state index contributed by atoms with van der Waals surface area (Å²) in [5.74, 6) is -0.107. The van der Waals surface area contributed by atoms with Gasteiger partial charge in [-0.15, -0.1) is 22.7 Å². The average molecular weight is 317 g/mol. The minimum absolute atomic E-state index is 0.107. The Morgan fingerprint density at radius 2 is 2.29 bits per heavy atom. The summed E-state index contributed by atoms with van der Waals surface area (Å²) >= 11 is 3.05. The van der Waals surface area contributed by atoms with Crippen molar-refractivity contribution in [2.45, 2.75) is 13.3 Å². The first kappa shape index (κ1) is 14.0. The zero-order valence-electron chi connectivity index (χ0n) is 11.6. The summed E-state index contributed by atoms with van der Waals surface area (Å²) in [6.45, 7) is 2.60. The number of nitrogens with zero attached hydrogens (tertiary/aromatic N) is 1. The van der Waals surface area contributed by atoms with Crippen LogP contribution < -0.4 is 11.1 Å². The first-order valence-corrected chi connectivity index (χ1v) is 8.30. The quantitative estimate of drug-likeness (QED) is 0.776. The number of rotatable bonds is 4. The van der Waals surface area contributed by atoms with Gasteiger partial charge in [0.1, 0.15) is 4.88 Å². The fraction of sp³-hybridized carbons (Fsp3) is 0.200. The zero-order valence-corrected chi connectivity index (χ0v) is 13.2. The lowest BCUT2D eigenvalue weighted by molar-refractivity contribution is 0.0959. The summed E-state index contributed by atoms with van der Waals surface area (Å²) < 4.78 is 1.08. The second kappa shape index (κ2) is 5.83. The van der Waals surface area contributed by atoms with E-state index in [0.29, 0.717) is 17.1 Å². The lowest BCUT2D eigenvalue weighted by Crippen LogP contribution is -2.25. The number of benzene rings is 1. The van der Waals surface area contributed by atoms with Crippen LogP contribution in [0.15, 0.2) is 29.8 Å². The van der Waals surface area contributed by atoms with Gasteiger partial charge in [-0.2, -0.15) is 0 Å². The van der Waals surface area contributed by atoms with Gasteiger partial charge in [0.15, 0.2) is 0 Å². The van der Waals surface area contributed by atoms with Gasteiger partial charge in [0.2, 0.25) is 0 Å². The molecule has 2 heterocycles. The highest BCUT2D eigenvalue weighted by Crippen LogP contribution is 2.35. The summed E-state index contributed by atoms with van der Waals surface area (Å²) in [4.78, 5) is 17.1. The number of nitrogens with two attached hydrogens (primary N) is 1. The van der Waals surface area contributed by atoms with Gasteiger partial charge in [-0.3, -0.25) is 4.79 Å². The second-order valence-corrected chi connectivity index (χ2v) is 6.73. The molecule has 0 saturated carbocycles. The summed E-state index contributed by atoms with van der Waals surface area (Å²) in [5, 5.41) is 6.84. The van der Waals surface area contributed by atoms with Crippen molar-refractivity contribution in [1.29, 1.82) is 0 Å². The van der Waals surface area contributed by atoms with Gasteiger partial charge >= 0.3 is 0 Å². The van der Waals surface area contributed by atoms with Crippen LogP contribution in [0.1, 0.15) is 20.2 Å². The summed E-state index contributed by atoms with van der Waals surface area (Å²) in [6.07, 6.45) is 2.52. The van der Waals surface area contributed by atoms with Gasteiger partial charge < -0.3 is 11.1 Å². The summed E-state index contributed by atoms with van der Waals surface area (Å²) in [5.41, 5.74) is 7.83. The maximum Gasteiger partial charge on any atom is 0.263 e. The molecule has 0 unspecified atom stereocenters. The van der Waals surface area contributed by atoms with Crippen LogP contribution in [0, 0.1) is 6.92 Å². The van der Waals surface area contributed by atoms with Crippen molar-refractivity contribution in [1.82, 2.24) is 10.3 Å². The van der Waals surface area contributed by atoms with Crippen LogP contribution in [-0.4, -0.2) is 17.4 Å². The Hall–Kier alpha value is -1.92. The largest absolute Gasteiger partial charge is 0.397 e. The highest BCUT2D eigenvalue weighted by atomic mass is 32.1. The maximum absolute atomic E-state index is 12.3. The van der Waals surface area contributed by atoms with E-state index in [0.717, 1.165) is 27.1 Å². The molecule has 3 rings (SSSR count). The molecule has 0 fully saturated rings. The van der Waals surface area contributed by atoms with E-state index in [-0.39, 0.29) is 5.91 Å². The molecule has 1 amide bonds. The molecule has 4 nitrogen and oxygen atoms in total. The van der Waals surface area contributed by atoms with Crippen molar-refractivity contribution in [2.75, 3.05) is 12.3 Å². The molecule has 1 aromatic carbocycles. The number of carbonyl (C=O) groups is 1. The summed E-state index contributed by atoms with van der Waals surface area (Å²) in [7, 11) is 0. The molecule has 0 aliphatic rings. The first-order chi connectivity index (χ1) is 10.2. The van der Waals surface area contributed by atoms with Crippen LogP contribution in [-0.2, 0) is 6.42 Å². The number of fused-ring (bicyclic) bond motifs is 1. The Kier molecular flexibility index (Phi) is 3.90. The average Bonchev–Trinajstić information content (AvgIpc) is 3.08. The molecule has 2 aromatic heterocycles. The third kappa shape index (κ3) is 2.77. The van der Waals surface area contributed by atoms with Gasteiger partial charge in [-0.05, 0) is 12.5 Å². The van der Waals surface area contributed by atoms with E-state index in [1.165, 1.54) is 11.3 Å². The lowest BCUT2D eigenvalue weighted by Gasteiger charge is -2.02. The fourth-order valence-electron chi connectivity index (χ4n) is 2.19. The number of amides is 1. The minimum atomic E-state index is -0.107. The van der Waals surface area contributed by atoms with Crippen molar-refractivity contribution < 1.29 is 4.79 Å². The van der Waals surface area contributed by atoms with Crippen molar-refractivity contribution in [2.24, 2.45) is 0 Å². The number of thiazole rings is 1. The third-order valence-electron chi connectivity index (χ3n) is 3.26. The molecule has 0 radical (unpaired) electrons. The van der Waals surface area contributed by atoms with Crippen LogP contribution in [0.2, 0.25) is 0 Å². The van der Waals surface area contributed by atoms with Crippen molar-refractivity contribution in [3.8, 4) is 0 Å². The van der Waals surface area contributed by atoms with Gasteiger partial charge in [-0.25, -0.2) is 4.98 Å². The number of nitrogen functional groups attached to an aromatic ring is 1. The molecule has 0 aliphatic heterocycles. The molecule has 0 atom stereocenters. The smallest absolute Gasteiger partial charge is 0.263 e. The highest BCUT2D eigenvalue weighted by molar-refractivity contribution is 7.21. The third-order valence-corrected chi connectivity index (χ3v) is 5.46. The van der Waals surface area contributed by atoms with Crippen LogP contribution >= 0.6 is 22.7 Å². The van der Waals surface area contributed by atoms with E-state index in [9.17, 15) is 4.79 Å². The number of carbonyl (C=O) groups excluding carboxylic acids is 1.